The van der Waals surface area contributed by atoms with Crippen molar-refractivity contribution in [2.24, 2.45) is 5.41 Å². The minimum Gasteiger partial charge on any atom is -0.343 e. The number of rotatable bonds is 5. The molecular weight excluding hydrogens is 294 g/mol. The molecule has 0 aliphatic rings. The van der Waals surface area contributed by atoms with Crippen molar-refractivity contribution in [3.63, 3.8) is 0 Å². The third kappa shape index (κ3) is 5.36. The van der Waals surface area contributed by atoms with Gasteiger partial charge in [0, 0.05) is 19.4 Å². The molecule has 124 valence electrons. The Morgan fingerprint density at radius 1 is 1.43 bits per heavy atom. The number of amides is 2. The zero-order chi connectivity index (χ0) is 16.9. The molecule has 7 heteroatoms. The highest BCUT2D eigenvalue weighted by Gasteiger charge is 2.23. The number of hydrogen-bond donors (Lipinski definition) is 1. The number of pyridine rings is 1. The lowest BCUT2D eigenvalue weighted by molar-refractivity contribution is 0.195. The van der Waals surface area contributed by atoms with Crippen LogP contribution in [0.4, 0.5) is 4.79 Å². The lowest BCUT2D eigenvalue weighted by atomic mass is 9.86. The van der Waals surface area contributed by atoms with Crippen LogP contribution in [0.15, 0.2) is 35.4 Å². The summed E-state index contributed by atoms with van der Waals surface area (Å²) in [6, 6.07) is 3.56. The van der Waals surface area contributed by atoms with Gasteiger partial charge in [-0.3, -0.25) is 4.98 Å². The van der Waals surface area contributed by atoms with E-state index in [-0.39, 0.29) is 24.0 Å². The van der Waals surface area contributed by atoms with Gasteiger partial charge in [0.1, 0.15) is 0 Å². The van der Waals surface area contributed by atoms with Gasteiger partial charge in [0.05, 0.1) is 12.6 Å². The summed E-state index contributed by atoms with van der Waals surface area (Å²) in [5, 5.41) is 6.78. The fourth-order valence-electron chi connectivity index (χ4n) is 2.25. The van der Waals surface area contributed by atoms with Crippen molar-refractivity contribution in [3.8, 4) is 0 Å². The molecule has 0 saturated heterocycles. The fourth-order valence-corrected chi connectivity index (χ4v) is 2.25. The molecule has 1 N–H and O–H groups in total. The van der Waals surface area contributed by atoms with E-state index in [1.54, 1.807) is 19.4 Å². The van der Waals surface area contributed by atoms with E-state index in [9.17, 15) is 4.79 Å². The van der Waals surface area contributed by atoms with Crippen molar-refractivity contribution in [1.29, 1.82) is 0 Å². The summed E-state index contributed by atoms with van der Waals surface area (Å²) in [7, 11) is 1.70. The average Bonchev–Trinajstić information content (AvgIpc) is 2.99. The van der Waals surface area contributed by atoms with Gasteiger partial charge < -0.3 is 14.7 Å². The Labute approximate surface area is 136 Å². The molecule has 2 aromatic heterocycles. The van der Waals surface area contributed by atoms with E-state index in [0.29, 0.717) is 5.82 Å². The molecule has 0 radical (unpaired) electrons. The smallest absolute Gasteiger partial charge is 0.318 e. The molecule has 2 rings (SSSR count). The van der Waals surface area contributed by atoms with Gasteiger partial charge in [0.25, 0.3) is 0 Å². The Hall–Kier alpha value is -2.44. The first-order chi connectivity index (χ1) is 10.8. The van der Waals surface area contributed by atoms with Crippen LogP contribution in [0.25, 0.3) is 0 Å². The maximum Gasteiger partial charge on any atom is 0.318 e. The van der Waals surface area contributed by atoms with Crippen molar-refractivity contribution in [2.75, 3.05) is 7.05 Å². The Kier molecular flexibility index (Phi) is 5.31. The van der Waals surface area contributed by atoms with Crippen molar-refractivity contribution >= 4 is 6.03 Å². The van der Waals surface area contributed by atoms with Gasteiger partial charge in [-0.15, -0.1) is 0 Å². The highest BCUT2D eigenvalue weighted by Crippen LogP contribution is 2.29. The lowest BCUT2D eigenvalue weighted by Gasteiger charge is -2.28. The standard InChI is InChI=1S/C16H23N5O2/c1-16(2,3)8-13(12-6-5-7-17-9-12)19-15(22)21(4)10-14-18-11-23-20-14/h5-7,9,11,13H,8,10H2,1-4H3,(H,19,22)/t13-/m0/s1. The van der Waals surface area contributed by atoms with E-state index in [0.717, 1.165) is 12.0 Å². The molecule has 2 aromatic rings. The molecule has 0 aliphatic carbocycles. The summed E-state index contributed by atoms with van der Waals surface area (Å²) >= 11 is 0. The molecule has 7 nitrogen and oxygen atoms in total. The van der Waals surface area contributed by atoms with Crippen LogP contribution in [0.3, 0.4) is 0 Å². The van der Waals surface area contributed by atoms with Crippen LogP contribution in [0.5, 0.6) is 0 Å². The highest BCUT2D eigenvalue weighted by molar-refractivity contribution is 5.74. The maximum absolute atomic E-state index is 12.4. The summed E-state index contributed by atoms with van der Waals surface area (Å²) in [5.41, 5.74) is 1.06. The van der Waals surface area contributed by atoms with E-state index < -0.39 is 0 Å². The van der Waals surface area contributed by atoms with Crippen LogP contribution < -0.4 is 5.32 Å². The number of carbonyl (C=O) groups excluding carboxylic acids is 1. The lowest BCUT2D eigenvalue weighted by Crippen LogP contribution is -2.40. The molecule has 0 aliphatic heterocycles. The molecule has 2 amide bonds. The minimum absolute atomic E-state index is 0.0695. The zero-order valence-corrected chi connectivity index (χ0v) is 14.0. The van der Waals surface area contributed by atoms with Gasteiger partial charge in [0.2, 0.25) is 6.39 Å². The first kappa shape index (κ1) is 16.9. The van der Waals surface area contributed by atoms with Gasteiger partial charge in [-0.25, -0.2) is 4.79 Å². The first-order valence-corrected chi connectivity index (χ1v) is 7.52. The number of nitrogens with one attached hydrogen (secondary N) is 1. The predicted molar refractivity (Wildman–Crippen MR) is 85.3 cm³/mol. The van der Waals surface area contributed by atoms with E-state index in [1.165, 1.54) is 11.3 Å². The van der Waals surface area contributed by atoms with Crippen molar-refractivity contribution in [1.82, 2.24) is 25.3 Å². The molecule has 0 spiro atoms. The number of nitrogens with zero attached hydrogens (tertiary/aromatic N) is 4. The van der Waals surface area contributed by atoms with Crippen LogP contribution in [-0.2, 0) is 6.54 Å². The van der Waals surface area contributed by atoms with E-state index in [4.69, 9.17) is 0 Å². The molecule has 0 unspecified atom stereocenters. The third-order valence-electron chi connectivity index (χ3n) is 3.33. The second-order valence-corrected chi connectivity index (χ2v) is 6.76. The summed E-state index contributed by atoms with van der Waals surface area (Å²) in [6.45, 7) is 6.72. The third-order valence-corrected chi connectivity index (χ3v) is 3.33. The van der Waals surface area contributed by atoms with Gasteiger partial charge in [-0.2, -0.15) is 4.98 Å². The van der Waals surface area contributed by atoms with Crippen LogP contribution in [0.2, 0.25) is 0 Å². The number of urea groups is 1. The Balaban J connectivity index is 2.06. The van der Waals surface area contributed by atoms with E-state index in [1.807, 2.05) is 12.1 Å². The monoisotopic (exact) mass is 317 g/mol. The Morgan fingerprint density at radius 3 is 2.78 bits per heavy atom. The van der Waals surface area contributed by atoms with Gasteiger partial charge in [-0.1, -0.05) is 32.0 Å². The summed E-state index contributed by atoms with van der Waals surface area (Å²) < 4.78 is 4.68. The Bertz CT molecular complexity index is 607. The number of hydrogen-bond acceptors (Lipinski definition) is 5. The average molecular weight is 317 g/mol. The molecule has 2 heterocycles. The molecule has 0 bridgehead atoms. The minimum atomic E-state index is -0.187. The number of aromatic nitrogens is 3. The summed E-state index contributed by atoms with van der Waals surface area (Å²) in [5.74, 6) is 0.469. The predicted octanol–water partition coefficient (Wildman–Crippen LogP) is 2.78. The zero-order valence-electron chi connectivity index (χ0n) is 14.0. The normalized spacial score (nSPS) is 12.7. The van der Waals surface area contributed by atoms with Gasteiger partial charge >= 0.3 is 6.03 Å². The van der Waals surface area contributed by atoms with Crippen LogP contribution >= 0.6 is 0 Å². The number of carbonyl (C=O) groups is 1. The van der Waals surface area contributed by atoms with Gasteiger partial charge in [-0.05, 0) is 23.5 Å². The van der Waals surface area contributed by atoms with Crippen molar-refractivity contribution in [2.45, 2.75) is 39.8 Å². The fraction of sp³-hybridized carbons (Fsp3) is 0.500. The van der Waals surface area contributed by atoms with Crippen LogP contribution in [0.1, 0.15) is 44.6 Å². The largest absolute Gasteiger partial charge is 0.343 e. The molecular formula is C16H23N5O2. The van der Waals surface area contributed by atoms with E-state index in [2.05, 4.69) is 45.7 Å². The quantitative estimate of drug-likeness (QED) is 0.916. The molecule has 1 atom stereocenters. The van der Waals surface area contributed by atoms with Crippen LogP contribution in [-0.4, -0.2) is 33.1 Å². The highest BCUT2D eigenvalue weighted by atomic mass is 16.5. The molecule has 0 aromatic carbocycles. The van der Waals surface area contributed by atoms with E-state index >= 15 is 0 Å². The van der Waals surface area contributed by atoms with Gasteiger partial charge in [0.15, 0.2) is 5.82 Å². The maximum atomic E-state index is 12.4. The first-order valence-electron chi connectivity index (χ1n) is 7.52. The molecule has 23 heavy (non-hydrogen) atoms. The second-order valence-electron chi connectivity index (χ2n) is 6.76. The Morgan fingerprint density at radius 2 is 2.22 bits per heavy atom. The molecule has 0 fully saturated rings. The topological polar surface area (TPSA) is 84.2 Å². The summed E-state index contributed by atoms with van der Waals surface area (Å²) in [6.07, 6.45) is 5.57. The van der Waals surface area contributed by atoms with Crippen LogP contribution in [0, 0.1) is 5.41 Å². The summed E-state index contributed by atoms with van der Waals surface area (Å²) in [4.78, 5) is 22.0. The second kappa shape index (κ2) is 7.21. The SMILES string of the molecule is CN(Cc1ncon1)C(=O)N[C@@H](CC(C)(C)C)c1cccnc1. The van der Waals surface area contributed by atoms with Crippen molar-refractivity contribution < 1.29 is 9.32 Å². The molecule has 0 saturated carbocycles. The van der Waals surface area contributed by atoms with Crippen molar-refractivity contribution in [3.05, 3.63) is 42.3 Å².